The molecule has 530 valence electrons. The van der Waals surface area contributed by atoms with Crippen molar-refractivity contribution in [1.82, 2.24) is 31.9 Å². The van der Waals surface area contributed by atoms with E-state index in [9.17, 15) is 113 Å². The van der Waals surface area contributed by atoms with E-state index in [1.54, 1.807) is 0 Å². The number of aliphatic hydroxyl groups excluding tert-OH is 10. The number of hydrogen-bond donors (Lipinski definition) is 20. The molecular formula is C48H89N6O34P3. The molecule has 3 aliphatic rings. The van der Waals surface area contributed by atoms with E-state index in [-0.39, 0.29) is 77.6 Å². The van der Waals surface area contributed by atoms with Gasteiger partial charge in [0.05, 0.1) is 45.7 Å². The number of phosphoric acid groups is 3. The molecule has 3 fully saturated rings. The largest absolute Gasteiger partial charge is 0.472 e. The lowest BCUT2D eigenvalue weighted by atomic mass is 9.97. The molecule has 3 saturated heterocycles. The van der Waals surface area contributed by atoms with Crippen molar-refractivity contribution >= 4 is 58.9 Å². The molecule has 3 heterocycles. The molecule has 20 atom stereocenters. The van der Waals surface area contributed by atoms with Crippen LogP contribution >= 0.6 is 23.5 Å². The Balaban J connectivity index is 1.60. The van der Waals surface area contributed by atoms with Gasteiger partial charge in [-0.25, -0.2) is 13.7 Å². The third-order valence-electron chi connectivity index (χ3n) is 13.4. The van der Waals surface area contributed by atoms with Crippen LogP contribution in [0.1, 0.15) is 78.6 Å². The van der Waals surface area contributed by atoms with E-state index in [1.807, 2.05) is 0 Å². The van der Waals surface area contributed by atoms with E-state index < -0.39 is 228 Å². The normalized spacial score (nSPS) is 29.3. The van der Waals surface area contributed by atoms with E-state index in [4.69, 9.17) is 46.5 Å². The summed E-state index contributed by atoms with van der Waals surface area (Å²) in [6.45, 7) is -4.45. The molecule has 0 aromatic carbocycles. The van der Waals surface area contributed by atoms with Gasteiger partial charge in [-0.15, -0.1) is 0 Å². The number of carbonyl (C=O) groups excluding carboxylic acids is 6. The van der Waals surface area contributed by atoms with Gasteiger partial charge in [0.1, 0.15) is 85.3 Å². The van der Waals surface area contributed by atoms with Gasteiger partial charge in [-0.2, -0.15) is 0 Å². The fourth-order valence-electron chi connectivity index (χ4n) is 8.84. The predicted octanol–water partition coefficient (Wildman–Crippen LogP) is -7.80. The number of hydrogen-bond acceptors (Lipinski definition) is 30. The summed E-state index contributed by atoms with van der Waals surface area (Å²) in [5.74, 6) is -3.88. The Morgan fingerprint density at radius 1 is 0.440 bits per heavy atom. The van der Waals surface area contributed by atoms with Crippen LogP contribution in [-0.2, 0) is 93.5 Å². The van der Waals surface area contributed by atoms with Crippen LogP contribution in [0.5, 0.6) is 0 Å². The fourth-order valence-corrected chi connectivity index (χ4v) is 11.1. The number of carbonyl (C=O) groups is 6. The van der Waals surface area contributed by atoms with Gasteiger partial charge in [0.25, 0.3) is 0 Å². The van der Waals surface area contributed by atoms with Crippen LogP contribution in [0.4, 0.5) is 0 Å². The predicted molar refractivity (Wildman–Crippen MR) is 300 cm³/mol. The summed E-state index contributed by atoms with van der Waals surface area (Å²) in [7, 11) is -16.2. The number of nitrogens with one attached hydrogen (secondary N) is 6. The molecule has 6 amide bonds. The Labute approximate surface area is 521 Å². The monoisotopic (exact) mass is 1390 g/mol. The Bertz CT molecular complexity index is 2390. The van der Waals surface area contributed by atoms with Crippen LogP contribution in [0.3, 0.4) is 0 Å². The second-order valence-corrected chi connectivity index (χ2v) is 25.2. The van der Waals surface area contributed by atoms with Crippen molar-refractivity contribution in [2.45, 2.75) is 189 Å². The van der Waals surface area contributed by atoms with Crippen molar-refractivity contribution in [2.75, 3.05) is 79.1 Å². The standard InChI is InChI=1S/C48H89N6O34P3/c1-25(58)52-37-43(68)40(65)31(19-55)84-46(37)78-13-7-4-10-34(62)49-16-28(61)22-82-90(74,75)88-30(18-51-36(64)12-6-9-15-80-48-39(54-27(3)60)45(70)42(67)33(21-57)86-48)24-83-91(76,77)87-29(23-81-89(71,72)73)17-50-35(63)11-5-8-14-79-47-38(53-26(2)59)44(69)41(66)32(20-56)85-47/h28-33,37-48,55-57,61,65-70H,4-24H2,1-3H3,(H,49,62)(H,50,63)(H,51,64)(H,52,58)(H,53,59)(H,54,60)(H,74,75)(H,76,77)(H2,71,72,73)/t28?,29?,30?,31?,32?,33?,37?,38?,39?,40-,41-,42-,43+,44+,45+,46+,47+,48+/m0/s1. The summed E-state index contributed by atoms with van der Waals surface area (Å²) in [5, 5.41) is 115. The molecule has 91 heavy (non-hydrogen) atoms. The van der Waals surface area contributed by atoms with E-state index in [0.717, 1.165) is 20.8 Å². The molecule has 0 aliphatic carbocycles. The third kappa shape index (κ3) is 30.9. The number of aliphatic hydroxyl groups is 10. The van der Waals surface area contributed by atoms with Crippen molar-refractivity contribution in [3.63, 3.8) is 0 Å². The Morgan fingerprint density at radius 2 is 0.736 bits per heavy atom. The Morgan fingerprint density at radius 3 is 1.03 bits per heavy atom. The van der Waals surface area contributed by atoms with Gasteiger partial charge in [0.2, 0.25) is 35.4 Å². The summed E-state index contributed by atoms with van der Waals surface area (Å²) in [5.41, 5.74) is 0. The molecule has 3 aliphatic heterocycles. The first kappa shape index (κ1) is 81.7. The molecule has 40 nitrogen and oxygen atoms in total. The van der Waals surface area contributed by atoms with Gasteiger partial charge < -0.3 is 131 Å². The van der Waals surface area contributed by atoms with Crippen LogP contribution < -0.4 is 31.9 Å². The average molecular weight is 1390 g/mol. The van der Waals surface area contributed by atoms with Crippen molar-refractivity contribution in [3.05, 3.63) is 0 Å². The Kier molecular flexibility index (Phi) is 36.7. The molecule has 0 saturated carbocycles. The fraction of sp³-hybridized carbons (Fsp3) is 0.875. The first-order valence-electron chi connectivity index (χ1n) is 28.7. The highest BCUT2D eigenvalue weighted by Gasteiger charge is 2.48. The van der Waals surface area contributed by atoms with Gasteiger partial charge in [0.15, 0.2) is 18.9 Å². The topological polar surface area (TPSA) is 611 Å². The highest BCUT2D eigenvalue weighted by Crippen LogP contribution is 2.48. The molecule has 0 aromatic heterocycles. The van der Waals surface area contributed by atoms with Crippen LogP contribution in [0.2, 0.25) is 0 Å². The lowest BCUT2D eigenvalue weighted by Crippen LogP contribution is -2.64. The van der Waals surface area contributed by atoms with Gasteiger partial charge >= 0.3 is 23.5 Å². The smallest absolute Gasteiger partial charge is 0.394 e. The number of rotatable bonds is 43. The summed E-state index contributed by atoms with van der Waals surface area (Å²) in [6, 6.07) is -3.67. The minimum atomic E-state index is -5.49. The van der Waals surface area contributed by atoms with E-state index in [2.05, 4.69) is 36.4 Å². The van der Waals surface area contributed by atoms with Gasteiger partial charge in [-0.1, -0.05) is 0 Å². The van der Waals surface area contributed by atoms with Crippen molar-refractivity contribution in [1.29, 1.82) is 0 Å². The molecule has 0 radical (unpaired) electrons. The molecule has 11 unspecified atom stereocenters. The molecule has 20 N–H and O–H groups in total. The molecule has 43 heteroatoms. The van der Waals surface area contributed by atoms with E-state index in [1.165, 1.54) is 0 Å². The molecule has 0 aromatic rings. The maximum absolute atomic E-state index is 13.3. The minimum absolute atomic E-state index is 0.0666. The van der Waals surface area contributed by atoms with Crippen molar-refractivity contribution in [3.8, 4) is 0 Å². The first-order chi connectivity index (χ1) is 42.7. The van der Waals surface area contributed by atoms with E-state index in [0.29, 0.717) is 0 Å². The highest BCUT2D eigenvalue weighted by molar-refractivity contribution is 7.47. The van der Waals surface area contributed by atoms with Crippen molar-refractivity contribution in [2.24, 2.45) is 0 Å². The van der Waals surface area contributed by atoms with Gasteiger partial charge in [-0.05, 0) is 38.5 Å². The number of phosphoric ester groups is 3. The summed E-state index contributed by atoms with van der Waals surface area (Å²) >= 11 is 0. The zero-order chi connectivity index (χ0) is 68.2. The highest BCUT2D eigenvalue weighted by atomic mass is 31.2. The maximum atomic E-state index is 13.3. The average Bonchev–Trinajstić information content (AvgIpc) is 1.22. The third-order valence-corrected chi connectivity index (χ3v) is 16.0. The summed E-state index contributed by atoms with van der Waals surface area (Å²) in [6.07, 6.45) is -22.4. The molecule has 3 rings (SSSR count). The van der Waals surface area contributed by atoms with Crippen molar-refractivity contribution < 1.29 is 164 Å². The first-order valence-corrected chi connectivity index (χ1v) is 33.2. The quantitative estimate of drug-likeness (QED) is 0.0199. The molecule has 0 bridgehead atoms. The van der Waals surface area contributed by atoms with E-state index >= 15 is 0 Å². The van der Waals surface area contributed by atoms with Crippen LogP contribution in [-0.4, -0.2) is 295 Å². The Hall–Kier alpha value is -3.49. The van der Waals surface area contributed by atoms with Crippen LogP contribution in [0.25, 0.3) is 0 Å². The molecular weight excluding hydrogens is 1300 g/mol. The SMILES string of the molecule is CC(=O)NC1[C@H](OCCCCC(=O)NCC(O)COP(=O)(O)OC(CNC(=O)CCCCO[C@@H]2OC(CO)[C@H](O)[C@H](O)C2NC(C)=O)COP(=O)(O)OC(CNC(=O)CCCCO[C@@H]2OC(CO)[C@H](O)[C@H](O)C2NC(C)=O)COP(=O)(O)O)OC(CO)[C@H](O)[C@@H]1O. The summed E-state index contributed by atoms with van der Waals surface area (Å²) < 4.78 is 95.9. The van der Waals surface area contributed by atoms with Gasteiger partial charge in [0, 0.05) is 79.5 Å². The van der Waals surface area contributed by atoms with Crippen LogP contribution in [0, 0.1) is 0 Å². The lowest BCUT2D eigenvalue weighted by molar-refractivity contribution is -0.270. The zero-order valence-corrected chi connectivity index (χ0v) is 52.7. The number of unbranched alkanes of at least 4 members (excludes halogenated alkanes) is 3. The second kappa shape index (κ2) is 40.8. The lowest BCUT2D eigenvalue weighted by Gasteiger charge is -2.42. The minimum Gasteiger partial charge on any atom is -0.394 e. The second-order valence-electron chi connectivity index (χ2n) is 21.1. The number of ether oxygens (including phenoxy) is 6. The number of amides is 6. The van der Waals surface area contributed by atoms with Gasteiger partial charge in [-0.3, -0.25) is 51.4 Å². The zero-order valence-electron chi connectivity index (χ0n) is 50.0. The maximum Gasteiger partial charge on any atom is 0.472 e. The molecule has 0 spiro atoms. The van der Waals surface area contributed by atoms with Crippen LogP contribution in [0.15, 0.2) is 0 Å². The summed E-state index contributed by atoms with van der Waals surface area (Å²) in [4.78, 5) is 114.